The normalized spacial score (nSPS) is 11.0. The lowest BCUT2D eigenvalue weighted by Gasteiger charge is -2.09. The van der Waals surface area contributed by atoms with Crippen LogP contribution in [0.25, 0.3) is 5.69 Å². The highest BCUT2D eigenvalue weighted by Gasteiger charge is 2.09. The Morgan fingerprint density at radius 2 is 1.95 bits per heavy atom. The number of carbonyl (C=O) groups excluding carboxylic acids is 1. The van der Waals surface area contributed by atoms with Crippen LogP contribution in [-0.2, 0) is 4.79 Å². The Balaban J connectivity index is 2.36. The molecule has 5 heteroatoms. The van der Waals surface area contributed by atoms with Gasteiger partial charge in [0, 0.05) is 34.6 Å². The number of hydrogen-bond donors (Lipinski definition) is 1. The fourth-order valence-corrected chi connectivity index (χ4v) is 2.22. The molecule has 0 bridgehead atoms. The largest absolute Gasteiger partial charge is 0.318 e. The first kappa shape index (κ1) is 14.3. The zero-order valence-corrected chi connectivity index (χ0v) is 12.4. The summed E-state index contributed by atoms with van der Waals surface area (Å²) in [7, 11) is 0. The lowest BCUT2D eigenvalue weighted by atomic mass is 10.2. The average molecular weight is 290 g/mol. The fourth-order valence-electron chi connectivity index (χ4n) is 2.10. The van der Waals surface area contributed by atoms with Crippen LogP contribution in [0.4, 0.5) is 0 Å². The maximum atomic E-state index is 10.8. The topological polar surface area (TPSA) is 46.4 Å². The molecule has 0 fully saturated rings. The highest BCUT2D eigenvalue weighted by atomic mass is 35.5. The Kier molecular flexibility index (Phi) is 4.25. The van der Waals surface area contributed by atoms with E-state index in [0.29, 0.717) is 5.02 Å². The Morgan fingerprint density at radius 1 is 1.30 bits per heavy atom. The Labute approximate surface area is 123 Å². The van der Waals surface area contributed by atoms with E-state index in [0.717, 1.165) is 22.6 Å². The minimum absolute atomic E-state index is 0.187. The second kappa shape index (κ2) is 5.92. The molecule has 1 N–H and O–H groups in total. The summed E-state index contributed by atoms with van der Waals surface area (Å²) in [5.41, 5.74) is 6.56. The molecule has 0 aliphatic rings. The summed E-state index contributed by atoms with van der Waals surface area (Å²) in [4.78, 5) is 10.8. The van der Waals surface area contributed by atoms with Crippen molar-refractivity contribution in [3.8, 4) is 5.69 Å². The molecule has 0 spiro atoms. The molecule has 4 nitrogen and oxygen atoms in total. The van der Waals surface area contributed by atoms with Gasteiger partial charge in [0.2, 0.25) is 5.91 Å². The van der Waals surface area contributed by atoms with Gasteiger partial charge in [-0.15, -0.1) is 0 Å². The summed E-state index contributed by atoms with van der Waals surface area (Å²) in [5, 5.41) is 4.62. The molecule has 0 atom stereocenters. The monoisotopic (exact) mass is 289 g/mol. The lowest BCUT2D eigenvalue weighted by Crippen LogP contribution is -2.12. The average Bonchev–Trinajstić information content (AvgIpc) is 2.66. The standard InChI is InChI=1S/C15H16ClN3O/c1-10-8-13(9-17-18-12(3)20)11(2)19(10)15-6-4-14(16)5-7-15/h4-9H,1-3H3,(H,18,20)/b17-9+. The van der Waals surface area contributed by atoms with E-state index in [1.54, 1.807) is 6.21 Å². The van der Waals surface area contributed by atoms with E-state index < -0.39 is 0 Å². The second-order valence-corrected chi connectivity index (χ2v) is 5.00. The van der Waals surface area contributed by atoms with Crippen LogP contribution in [0.1, 0.15) is 23.9 Å². The van der Waals surface area contributed by atoms with E-state index in [1.165, 1.54) is 6.92 Å². The van der Waals surface area contributed by atoms with Crippen molar-refractivity contribution in [2.75, 3.05) is 0 Å². The van der Waals surface area contributed by atoms with Crippen LogP contribution in [0.3, 0.4) is 0 Å². The van der Waals surface area contributed by atoms with Gasteiger partial charge in [-0.05, 0) is 44.2 Å². The quantitative estimate of drug-likeness (QED) is 0.684. The van der Waals surface area contributed by atoms with Gasteiger partial charge in [0.05, 0.1) is 6.21 Å². The SMILES string of the molecule is CC(=O)N/N=C/c1cc(C)n(-c2ccc(Cl)cc2)c1C. The zero-order chi connectivity index (χ0) is 14.7. The molecular formula is C15H16ClN3O. The molecule has 20 heavy (non-hydrogen) atoms. The first-order valence-corrected chi connectivity index (χ1v) is 6.61. The second-order valence-electron chi connectivity index (χ2n) is 4.56. The molecule has 1 aromatic heterocycles. The van der Waals surface area contributed by atoms with Crippen LogP contribution < -0.4 is 5.43 Å². The van der Waals surface area contributed by atoms with Crippen molar-refractivity contribution >= 4 is 23.7 Å². The summed E-state index contributed by atoms with van der Waals surface area (Å²) in [6.45, 7) is 5.46. The van der Waals surface area contributed by atoms with Crippen LogP contribution in [0.5, 0.6) is 0 Å². The first-order chi connectivity index (χ1) is 9.49. The van der Waals surface area contributed by atoms with Crippen LogP contribution in [-0.4, -0.2) is 16.7 Å². The van der Waals surface area contributed by atoms with E-state index in [9.17, 15) is 4.79 Å². The number of carbonyl (C=O) groups is 1. The minimum atomic E-state index is -0.187. The van der Waals surface area contributed by atoms with Crippen LogP contribution in [0.2, 0.25) is 5.02 Å². The van der Waals surface area contributed by atoms with Gasteiger partial charge >= 0.3 is 0 Å². The van der Waals surface area contributed by atoms with Gasteiger partial charge in [0.15, 0.2) is 0 Å². The third-order valence-electron chi connectivity index (χ3n) is 2.98. The van der Waals surface area contributed by atoms with Gasteiger partial charge in [-0.2, -0.15) is 5.10 Å². The molecule has 2 rings (SSSR count). The highest BCUT2D eigenvalue weighted by molar-refractivity contribution is 6.30. The van der Waals surface area contributed by atoms with Crippen molar-refractivity contribution in [1.29, 1.82) is 0 Å². The number of amides is 1. The van der Waals surface area contributed by atoms with E-state index in [4.69, 9.17) is 11.6 Å². The molecule has 104 valence electrons. The van der Waals surface area contributed by atoms with Gasteiger partial charge in [-0.25, -0.2) is 5.43 Å². The van der Waals surface area contributed by atoms with Crippen molar-refractivity contribution in [2.24, 2.45) is 5.10 Å². The van der Waals surface area contributed by atoms with Gasteiger partial charge in [-0.3, -0.25) is 4.79 Å². The van der Waals surface area contributed by atoms with Gasteiger partial charge in [-0.1, -0.05) is 11.6 Å². The molecule has 0 saturated heterocycles. The van der Waals surface area contributed by atoms with Crippen LogP contribution in [0.15, 0.2) is 35.4 Å². The molecular weight excluding hydrogens is 274 g/mol. The highest BCUT2D eigenvalue weighted by Crippen LogP contribution is 2.21. The van der Waals surface area contributed by atoms with Gasteiger partial charge in [0.25, 0.3) is 0 Å². The number of benzene rings is 1. The van der Waals surface area contributed by atoms with Gasteiger partial charge < -0.3 is 4.57 Å². The molecule has 2 aromatic rings. The predicted molar refractivity (Wildman–Crippen MR) is 81.7 cm³/mol. The Bertz CT molecular complexity index is 657. The van der Waals surface area contributed by atoms with Gasteiger partial charge in [0.1, 0.15) is 0 Å². The van der Waals surface area contributed by atoms with Crippen molar-refractivity contribution in [2.45, 2.75) is 20.8 Å². The number of halogens is 1. The number of aromatic nitrogens is 1. The Hall–Kier alpha value is -2.07. The zero-order valence-electron chi connectivity index (χ0n) is 11.6. The maximum absolute atomic E-state index is 10.8. The Morgan fingerprint density at radius 3 is 2.55 bits per heavy atom. The fraction of sp³-hybridized carbons (Fsp3) is 0.200. The molecule has 0 aliphatic heterocycles. The van der Waals surface area contributed by atoms with Crippen molar-refractivity contribution in [3.05, 3.63) is 52.3 Å². The maximum Gasteiger partial charge on any atom is 0.236 e. The van der Waals surface area contributed by atoms with Crippen molar-refractivity contribution in [1.82, 2.24) is 9.99 Å². The minimum Gasteiger partial charge on any atom is -0.318 e. The number of nitrogens with zero attached hydrogens (tertiary/aromatic N) is 2. The van der Waals surface area contributed by atoms with Crippen molar-refractivity contribution < 1.29 is 4.79 Å². The smallest absolute Gasteiger partial charge is 0.236 e. The summed E-state index contributed by atoms with van der Waals surface area (Å²) in [5.74, 6) is -0.187. The number of hydrogen-bond acceptors (Lipinski definition) is 2. The first-order valence-electron chi connectivity index (χ1n) is 6.23. The van der Waals surface area contributed by atoms with Crippen LogP contribution in [0, 0.1) is 13.8 Å². The van der Waals surface area contributed by atoms with E-state index in [-0.39, 0.29) is 5.91 Å². The summed E-state index contributed by atoms with van der Waals surface area (Å²) in [6, 6.07) is 9.69. The lowest BCUT2D eigenvalue weighted by molar-refractivity contribution is -0.118. The third kappa shape index (κ3) is 3.08. The number of nitrogens with one attached hydrogen (secondary N) is 1. The van der Waals surface area contributed by atoms with E-state index in [2.05, 4.69) is 15.1 Å². The molecule has 0 aliphatic carbocycles. The predicted octanol–water partition coefficient (Wildman–Crippen LogP) is 3.22. The molecule has 0 saturated carbocycles. The molecule has 0 unspecified atom stereocenters. The summed E-state index contributed by atoms with van der Waals surface area (Å²) >= 11 is 5.91. The van der Waals surface area contributed by atoms with E-state index >= 15 is 0 Å². The number of rotatable bonds is 3. The summed E-state index contributed by atoms with van der Waals surface area (Å²) < 4.78 is 2.12. The van der Waals surface area contributed by atoms with E-state index in [1.807, 2.05) is 44.2 Å². The summed E-state index contributed by atoms with van der Waals surface area (Å²) in [6.07, 6.45) is 1.65. The molecule has 0 radical (unpaired) electrons. The molecule has 1 heterocycles. The molecule has 1 amide bonds. The molecule has 1 aromatic carbocycles. The third-order valence-corrected chi connectivity index (χ3v) is 3.23. The van der Waals surface area contributed by atoms with Crippen molar-refractivity contribution in [3.63, 3.8) is 0 Å². The number of hydrazone groups is 1. The number of aryl methyl sites for hydroxylation is 1. The van der Waals surface area contributed by atoms with Crippen LogP contribution >= 0.6 is 11.6 Å².